The molecule has 1 aliphatic heterocycles. The third kappa shape index (κ3) is 5.94. The molecule has 0 bridgehead atoms. The van der Waals surface area contributed by atoms with Crippen LogP contribution in [0.1, 0.15) is 61.9 Å². The number of fused-ring (bicyclic) bond motifs is 1. The Labute approximate surface area is 229 Å². The molecular weight excluding hydrogens is 523 g/mol. The van der Waals surface area contributed by atoms with Gasteiger partial charge in [-0.3, -0.25) is 4.90 Å². The summed E-state index contributed by atoms with van der Waals surface area (Å²) in [5.41, 5.74) is 1.29. The van der Waals surface area contributed by atoms with Crippen molar-refractivity contribution in [1.82, 2.24) is 29.9 Å². The summed E-state index contributed by atoms with van der Waals surface area (Å²) in [6.07, 6.45) is -0.343. The number of alkyl halides is 3. The van der Waals surface area contributed by atoms with Crippen LogP contribution in [0, 0.1) is 17.2 Å². The Kier molecular flexibility index (Phi) is 7.76. The number of likely N-dealkylation sites (tertiary alicyclic amines) is 1. The van der Waals surface area contributed by atoms with Gasteiger partial charge in [0.05, 0.1) is 29.1 Å². The molecule has 12 heteroatoms. The predicted molar refractivity (Wildman–Crippen MR) is 140 cm³/mol. The van der Waals surface area contributed by atoms with Crippen molar-refractivity contribution in [2.45, 2.75) is 51.7 Å². The van der Waals surface area contributed by atoms with E-state index in [1.807, 2.05) is 19.9 Å². The zero-order valence-electron chi connectivity index (χ0n) is 22.6. The average molecular weight is 554 g/mol. The first-order valence-electron chi connectivity index (χ1n) is 13.2. The van der Waals surface area contributed by atoms with Crippen LogP contribution in [0.2, 0.25) is 0 Å². The number of hydrogen-bond donors (Lipinski definition) is 0. The molecule has 0 atom stereocenters. The molecule has 1 aliphatic rings. The van der Waals surface area contributed by atoms with Crippen LogP contribution >= 0.6 is 0 Å². The number of nitriles is 1. The van der Waals surface area contributed by atoms with Crippen LogP contribution in [-0.4, -0.2) is 49.6 Å². The maximum atomic E-state index is 14.0. The van der Waals surface area contributed by atoms with Gasteiger partial charge in [-0.05, 0) is 62.5 Å². The summed E-state index contributed by atoms with van der Waals surface area (Å²) in [7, 11) is 1.64. The predicted octanol–water partition coefficient (Wildman–Crippen LogP) is 5.71. The third-order valence-corrected chi connectivity index (χ3v) is 7.23. The van der Waals surface area contributed by atoms with E-state index >= 15 is 0 Å². The molecule has 5 rings (SSSR count). The summed E-state index contributed by atoms with van der Waals surface area (Å²) in [6.45, 7) is 6.79. The molecule has 1 aromatic carbocycles. The zero-order valence-corrected chi connectivity index (χ0v) is 22.6. The van der Waals surface area contributed by atoms with E-state index in [-0.39, 0.29) is 35.2 Å². The molecule has 9 nitrogen and oxygen atoms in total. The van der Waals surface area contributed by atoms with E-state index in [4.69, 9.17) is 9.15 Å². The Bertz CT molecular complexity index is 1530. The number of oxazole rings is 1. The fraction of sp³-hybridized carbons (Fsp3) is 0.464. The number of piperidine rings is 1. The number of halogens is 3. The number of rotatable bonds is 8. The van der Waals surface area contributed by atoms with Crippen LogP contribution in [0.15, 0.2) is 34.9 Å². The van der Waals surface area contributed by atoms with Gasteiger partial charge in [0.15, 0.2) is 11.6 Å². The van der Waals surface area contributed by atoms with Crippen molar-refractivity contribution in [2.75, 3.05) is 19.7 Å². The van der Waals surface area contributed by atoms with Crippen LogP contribution in [0.3, 0.4) is 0 Å². The number of ether oxygens (including phenoxy) is 1. The van der Waals surface area contributed by atoms with Crippen molar-refractivity contribution in [1.29, 1.82) is 5.26 Å². The highest BCUT2D eigenvalue weighted by Gasteiger charge is 2.35. The number of benzene rings is 1. The minimum atomic E-state index is -4.62. The van der Waals surface area contributed by atoms with Crippen molar-refractivity contribution in [3.63, 3.8) is 0 Å². The van der Waals surface area contributed by atoms with E-state index < -0.39 is 11.7 Å². The highest BCUT2D eigenvalue weighted by molar-refractivity contribution is 5.83. The lowest BCUT2D eigenvalue weighted by Gasteiger charge is -2.31. The number of aryl methyl sites for hydroxylation is 1. The first-order valence-corrected chi connectivity index (χ1v) is 13.2. The molecule has 0 radical (unpaired) electrons. The normalized spacial score (nSPS) is 15.2. The largest absolute Gasteiger partial charge is 0.493 e. The Morgan fingerprint density at radius 3 is 2.62 bits per heavy atom. The molecule has 40 heavy (non-hydrogen) atoms. The van der Waals surface area contributed by atoms with Crippen LogP contribution in [-0.2, 0) is 19.8 Å². The number of aromatic nitrogens is 5. The molecule has 0 spiro atoms. The minimum Gasteiger partial charge on any atom is -0.493 e. The van der Waals surface area contributed by atoms with Crippen LogP contribution in [0.5, 0.6) is 5.75 Å². The Balaban J connectivity index is 1.21. The van der Waals surface area contributed by atoms with Gasteiger partial charge in [-0.15, -0.1) is 5.10 Å². The van der Waals surface area contributed by atoms with Gasteiger partial charge in [0, 0.05) is 25.1 Å². The van der Waals surface area contributed by atoms with Crippen LogP contribution < -0.4 is 4.74 Å². The lowest BCUT2D eigenvalue weighted by molar-refractivity contribution is -0.138. The third-order valence-electron chi connectivity index (χ3n) is 7.23. The summed E-state index contributed by atoms with van der Waals surface area (Å²) in [6, 6.07) is 7.38. The van der Waals surface area contributed by atoms with Crippen molar-refractivity contribution in [2.24, 2.45) is 13.0 Å². The van der Waals surface area contributed by atoms with E-state index in [2.05, 4.69) is 25.2 Å². The molecule has 0 aliphatic carbocycles. The molecule has 3 aromatic heterocycles. The van der Waals surface area contributed by atoms with Gasteiger partial charge in [0.2, 0.25) is 0 Å². The molecule has 0 unspecified atom stereocenters. The summed E-state index contributed by atoms with van der Waals surface area (Å²) in [4.78, 5) is 11.1. The number of nitrogens with zero attached hydrogens (tertiary/aromatic N) is 7. The molecule has 1 fully saturated rings. The SMILES string of the molecule is CC(C)c1nc(CN2CCC(CCOc3ccc(-c4cc5c(nnn5C)c(C#N)n4)cc3C(F)(F)F)CC2)co1. The average Bonchev–Trinajstić information content (AvgIpc) is 3.55. The highest BCUT2D eigenvalue weighted by atomic mass is 19.4. The quantitative estimate of drug-likeness (QED) is 0.273. The Morgan fingerprint density at radius 1 is 1.18 bits per heavy atom. The van der Waals surface area contributed by atoms with Crippen molar-refractivity contribution in [3.8, 4) is 23.1 Å². The Morgan fingerprint density at radius 2 is 1.95 bits per heavy atom. The molecule has 0 amide bonds. The van der Waals surface area contributed by atoms with E-state index in [9.17, 15) is 18.4 Å². The standard InChI is InChI=1S/C28H30F3N7O2/c1-17(2)27-33-20(16-40-27)15-38-9-6-18(7-10-38)8-11-39-25-5-4-19(12-21(25)28(29,30)31)22-13-24-26(23(14-32)34-22)35-36-37(24)3/h4-5,12-13,16-18H,6-11,15H2,1-3H3. The highest BCUT2D eigenvalue weighted by Crippen LogP contribution is 2.39. The fourth-order valence-electron chi connectivity index (χ4n) is 4.95. The van der Waals surface area contributed by atoms with E-state index in [1.54, 1.807) is 19.4 Å². The molecule has 4 aromatic rings. The fourth-order valence-corrected chi connectivity index (χ4v) is 4.95. The smallest absolute Gasteiger partial charge is 0.419 e. The Hall–Kier alpha value is -3.98. The van der Waals surface area contributed by atoms with Gasteiger partial charge in [-0.1, -0.05) is 19.1 Å². The molecule has 1 saturated heterocycles. The van der Waals surface area contributed by atoms with Gasteiger partial charge < -0.3 is 9.15 Å². The van der Waals surface area contributed by atoms with Crippen molar-refractivity contribution < 1.29 is 22.3 Å². The van der Waals surface area contributed by atoms with E-state index in [0.29, 0.717) is 23.4 Å². The van der Waals surface area contributed by atoms with Gasteiger partial charge in [-0.2, -0.15) is 18.4 Å². The maximum absolute atomic E-state index is 14.0. The number of pyridine rings is 1. The summed E-state index contributed by atoms with van der Waals surface area (Å²) < 4.78 is 54.7. The minimum absolute atomic E-state index is 0.00173. The lowest BCUT2D eigenvalue weighted by Crippen LogP contribution is -2.33. The summed E-state index contributed by atoms with van der Waals surface area (Å²) >= 11 is 0. The number of hydrogen-bond acceptors (Lipinski definition) is 8. The second kappa shape index (κ2) is 11.3. The van der Waals surface area contributed by atoms with Crippen molar-refractivity contribution in [3.05, 3.63) is 53.4 Å². The lowest BCUT2D eigenvalue weighted by atomic mass is 9.94. The van der Waals surface area contributed by atoms with E-state index in [1.165, 1.54) is 16.8 Å². The van der Waals surface area contributed by atoms with Gasteiger partial charge >= 0.3 is 6.18 Å². The monoisotopic (exact) mass is 553 g/mol. The van der Waals surface area contributed by atoms with Gasteiger partial charge in [-0.25, -0.2) is 14.6 Å². The molecular formula is C28H30F3N7O2. The van der Waals surface area contributed by atoms with E-state index in [0.717, 1.165) is 50.1 Å². The summed E-state index contributed by atoms with van der Waals surface area (Å²) in [5, 5.41) is 17.2. The molecule has 4 heterocycles. The second-order valence-corrected chi connectivity index (χ2v) is 10.4. The van der Waals surface area contributed by atoms with Gasteiger partial charge in [0.1, 0.15) is 23.6 Å². The topological polar surface area (TPSA) is 106 Å². The molecule has 0 saturated carbocycles. The van der Waals surface area contributed by atoms with Crippen molar-refractivity contribution >= 4 is 11.0 Å². The van der Waals surface area contributed by atoms with Crippen LogP contribution in [0.4, 0.5) is 13.2 Å². The van der Waals surface area contributed by atoms with Crippen LogP contribution in [0.25, 0.3) is 22.3 Å². The zero-order chi connectivity index (χ0) is 28.4. The summed E-state index contributed by atoms with van der Waals surface area (Å²) in [5.74, 6) is 1.14. The first-order chi connectivity index (χ1) is 19.1. The van der Waals surface area contributed by atoms with Gasteiger partial charge in [0.25, 0.3) is 0 Å². The second-order valence-electron chi connectivity index (χ2n) is 10.4. The molecule has 0 N–H and O–H groups in total. The molecule has 210 valence electrons. The first kappa shape index (κ1) is 27.6. The maximum Gasteiger partial charge on any atom is 0.419 e.